The van der Waals surface area contributed by atoms with Gasteiger partial charge in [-0.3, -0.25) is 9.89 Å². The molecule has 4 aromatic rings. The van der Waals surface area contributed by atoms with Crippen LogP contribution in [0.3, 0.4) is 0 Å². The van der Waals surface area contributed by atoms with Gasteiger partial charge in [0.05, 0.1) is 30.3 Å². The second kappa shape index (κ2) is 12.7. The van der Waals surface area contributed by atoms with Crippen LogP contribution < -0.4 is 16.0 Å². The van der Waals surface area contributed by atoms with E-state index >= 15 is 0 Å². The number of nitrogens with one attached hydrogen (secondary N) is 2. The maximum absolute atomic E-state index is 12.6. The van der Waals surface area contributed by atoms with E-state index in [4.69, 9.17) is 30.3 Å². The fourth-order valence-electron chi connectivity index (χ4n) is 2.86. The van der Waals surface area contributed by atoms with Crippen LogP contribution in [0.1, 0.15) is 17.4 Å². The van der Waals surface area contributed by atoms with E-state index in [9.17, 15) is 31.1 Å². The van der Waals surface area contributed by atoms with E-state index in [1.807, 2.05) is 36.4 Å². The molecule has 0 saturated heterocycles. The predicted molar refractivity (Wildman–Crippen MR) is 126 cm³/mol. The molecule has 40 heavy (non-hydrogen) atoms. The molecule has 0 aliphatic heterocycles. The molecule has 0 aliphatic carbocycles. The summed E-state index contributed by atoms with van der Waals surface area (Å²) in [4.78, 5) is 37.7. The molecule has 0 aliphatic rings. The Balaban J connectivity index is 0.000000333. The van der Waals surface area contributed by atoms with E-state index in [0.717, 1.165) is 22.4 Å². The quantitative estimate of drug-likeness (QED) is 0.227. The smallest absolute Gasteiger partial charge is 0.490 e. The highest BCUT2D eigenvalue weighted by Gasteiger charge is 2.38. The number of carbonyl (C=O) groups is 2. The van der Waals surface area contributed by atoms with Crippen molar-refractivity contribution in [2.45, 2.75) is 18.4 Å². The van der Waals surface area contributed by atoms with Crippen molar-refractivity contribution in [3.05, 3.63) is 76.6 Å². The molecule has 0 bridgehead atoms. The first-order valence-electron chi connectivity index (χ1n) is 10.6. The van der Waals surface area contributed by atoms with Gasteiger partial charge in [0.1, 0.15) is 11.6 Å². The highest BCUT2D eigenvalue weighted by Crippen LogP contribution is 2.23. The van der Waals surface area contributed by atoms with Crippen molar-refractivity contribution in [3.63, 3.8) is 0 Å². The van der Waals surface area contributed by atoms with E-state index in [1.54, 1.807) is 25.6 Å². The largest absolute Gasteiger partial charge is 0.497 e. The highest BCUT2D eigenvalue weighted by molar-refractivity contribution is 5.83. The number of methoxy groups -OCH3 is 1. The SMILES string of the molecule is COc1ccc(C(N)c2nc3ccc(-c4cn[nH]c4)cc3c(=O)[nH]2)cc1.O=C(O)C(F)(F)F.O=C(O)C(F)(F)F. The summed E-state index contributed by atoms with van der Waals surface area (Å²) in [5, 5.41) is 21.5. The third kappa shape index (κ3) is 8.55. The molecule has 0 amide bonds. The maximum atomic E-state index is 12.6. The molecule has 2 heterocycles. The first-order valence-corrected chi connectivity index (χ1v) is 10.6. The average molecular weight is 575 g/mol. The number of nitrogens with zero attached hydrogens (tertiary/aromatic N) is 2. The minimum Gasteiger partial charge on any atom is -0.497 e. The van der Waals surface area contributed by atoms with Gasteiger partial charge in [-0.15, -0.1) is 0 Å². The fraction of sp³-hybridized carbons (Fsp3) is 0.174. The number of alkyl halides is 6. The molecule has 6 N–H and O–H groups in total. The van der Waals surface area contributed by atoms with Gasteiger partial charge in [-0.05, 0) is 35.4 Å². The predicted octanol–water partition coefficient (Wildman–Crippen LogP) is 3.64. The van der Waals surface area contributed by atoms with Crippen LogP contribution in [0.2, 0.25) is 0 Å². The van der Waals surface area contributed by atoms with Crippen molar-refractivity contribution in [2.75, 3.05) is 7.11 Å². The molecular formula is C23H19F6N5O6. The minimum atomic E-state index is -5.08. The number of halogens is 6. The van der Waals surface area contributed by atoms with Crippen LogP contribution in [0.5, 0.6) is 5.75 Å². The average Bonchev–Trinajstić information content (AvgIpc) is 3.43. The number of H-pyrrole nitrogens is 2. The molecule has 0 spiro atoms. The number of rotatable bonds is 4. The Morgan fingerprint density at radius 1 is 0.950 bits per heavy atom. The number of hydrogen-bond donors (Lipinski definition) is 5. The van der Waals surface area contributed by atoms with Gasteiger partial charge in [-0.1, -0.05) is 18.2 Å². The van der Waals surface area contributed by atoms with Crippen LogP contribution in [-0.2, 0) is 9.59 Å². The van der Waals surface area contributed by atoms with Crippen molar-refractivity contribution < 1.29 is 50.9 Å². The lowest BCUT2D eigenvalue weighted by Gasteiger charge is -2.13. The summed E-state index contributed by atoms with van der Waals surface area (Å²) in [5.74, 6) is -4.35. The third-order valence-electron chi connectivity index (χ3n) is 4.81. The van der Waals surface area contributed by atoms with Crippen LogP contribution in [0.25, 0.3) is 22.0 Å². The lowest BCUT2D eigenvalue weighted by molar-refractivity contribution is -0.193. The van der Waals surface area contributed by atoms with Crippen molar-refractivity contribution in [3.8, 4) is 16.9 Å². The summed E-state index contributed by atoms with van der Waals surface area (Å²) < 4.78 is 68.6. The Labute approximate surface area is 219 Å². The Hall–Kier alpha value is -4.93. The first-order chi connectivity index (χ1) is 18.5. The van der Waals surface area contributed by atoms with Gasteiger partial charge in [0.25, 0.3) is 5.56 Å². The Kier molecular flexibility index (Phi) is 9.97. The molecule has 1 atom stereocenters. The Morgan fingerprint density at radius 3 is 1.95 bits per heavy atom. The first kappa shape index (κ1) is 31.3. The van der Waals surface area contributed by atoms with E-state index in [-0.39, 0.29) is 5.56 Å². The van der Waals surface area contributed by atoms with Crippen molar-refractivity contribution in [1.29, 1.82) is 0 Å². The molecular weight excluding hydrogens is 556 g/mol. The highest BCUT2D eigenvalue weighted by atomic mass is 19.4. The third-order valence-corrected chi connectivity index (χ3v) is 4.81. The number of benzene rings is 2. The summed E-state index contributed by atoms with van der Waals surface area (Å²) in [5.41, 5.74) is 9.30. The van der Waals surface area contributed by atoms with Crippen LogP contribution in [-0.4, -0.2) is 61.8 Å². The standard InChI is InChI=1S/C19H17N5O2.2C2HF3O2/c1-26-14-5-2-11(3-6-14)17(20)18-23-16-7-4-12(13-9-21-22-10-13)8-15(16)19(25)24-18;2*3-2(4,5)1(6)7/h2-10,17H,20H2,1H3,(H,21,22)(H,23,24,25);2*(H,6,7). The molecule has 0 saturated carbocycles. The number of ether oxygens (including phenoxy) is 1. The zero-order chi connectivity index (χ0) is 30.3. The lowest BCUT2D eigenvalue weighted by atomic mass is 10.1. The number of nitrogens with two attached hydrogens (primary N) is 1. The monoisotopic (exact) mass is 575 g/mol. The lowest BCUT2D eigenvalue weighted by Crippen LogP contribution is -2.21. The van der Waals surface area contributed by atoms with Gasteiger partial charge in [0.2, 0.25) is 0 Å². The van der Waals surface area contributed by atoms with Crippen LogP contribution in [0.15, 0.2) is 59.7 Å². The second-order valence-electron chi connectivity index (χ2n) is 7.53. The van der Waals surface area contributed by atoms with Crippen molar-refractivity contribution >= 4 is 22.8 Å². The summed E-state index contributed by atoms with van der Waals surface area (Å²) in [6.07, 6.45) is -6.69. The van der Waals surface area contributed by atoms with Crippen LogP contribution >= 0.6 is 0 Å². The second-order valence-corrected chi connectivity index (χ2v) is 7.53. The maximum Gasteiger partial charge on any atom is 0.490 e. The molecule has 2 aromatic carbocycles. The topological polar surface area (TPSA) is 184 Å². The van der Waals surface area contributed by atoms with Gasteiger partial charge in [0, 0.05) is 11.8 Å². The molecule has 0 fully saturated rings. The minimum absolute atomic E-state index is 0.223. The molecule has 1 unspecified atom stereocenters. The number of aliphatic carboxylic acids is 2. The summed E-state index contributed by atoms with van der Waals surface area (Å²) >= 11 is 0. The number of aromatic nitrogens is 4. The van der Waals surface area contributed by atoms with Gasteiger partial charge in [-0.2, -0.15) is 31.4 Å². The number of aromatic amines is 2. The molecule has 4 rings (SSSR count). The normalized spacial score (nSPS) is 11.9. The van der Waals surface area contributed by atoms with E-state index in [1.165, 1.54) is 0 Å². The van der Waals surface area contributed by atoms with Crippen molar-refractivity contribution in [2.24, 2.45) is 5.73 Å². The van der Waals surface area contributed by atoms with E-state index in [2.05, 4.69) is 20.2 Å². The summed E-state index contributed by atoms with van der Waals surface area (Å²) in [6, 6.07) is 12.3. The van der Waals surface area contributed by atoms with Gasteiger partial charge in [-0.25, -0.2) is 14.6 Å². The Morgan fingerprint density at radius 2 is 1.50 bits per heavy atom. The zero-order valence-electron chi connectivity index (χ0n) is 20.0. The number of hydrogen-bond acceptors (Lipinski definition) is 7. The molecule has 2 aromatic heterocycles. The summed E-state index contributed by atoms with van der Waals surface area (Å²) in [7, 11) is 1.61. The van der Waals surface area contributed by atoms with Gasteiger partial charge >= 0.3 is 24.3 Å². The summed E-state index contributed by atoms with van der Waals surface area (Å²) in [6.45, 7) is 0. The molecule has 11 nitrogen and oxygen atoms in total. The molecule has 17 heteroatoms. The number of carboxylic acids is 2. The zero-order valence-corrected chi connectivity index (χ0v) is 20.0. The molecule has 0 radical (unpaired) electrons. The van der Waals surface area contributed by atoms with Crippen molar-refractivity contribution in [1.82, 2.24) is 20.2 Å². The van der Waals surface area contributed by atoms with Crippen LogP contribution in [0, 0.1) is 0 Å². The van der Waals surface area contributed by atoms with Crippen LogP contribution in [0.4, 0.5) is 26.3 Å². The Bertz CT molecular complexity index is 1480. The molecule has 214 valence electrons. The number of fused-ring (bicyclic) bond motifs is 1. The fourth-order valence-corrected chi connectivity index (χ4v) is 2.86. The van der Waals surface area contributed by atoms with Gasteiger partial charge in [0.15, 0.2) is 0 Å². The van der Waals surface area contributed by atoms with Gasteiger partial charge < -0.3 is 25.7 Å². The number of carboxylic acid groups (broad SMARTS) is 2. The van der Waals surface area contributed by atoms with E-state index in [0.29, 0.717) is 16.7 Å². The van der Waals surface area contributed by atoms with E-state index < -0.39 is 30.3 Å².